The number of nitrogens with zero attached hydrogens (tertiary/aromatic N) is 13. The maximum absolute atomic E-state index is 4.91. The van der Waals surface area contributed by atoms with Gasteiger partial charge in [0.05, 0.1) is 88.2 Å². The Kier molecular flexibility index (Phi) is 9.81. The van der Waals surface area contributed by atoms with Crippen LogP contribution < -0.4 is 4.90 Å². The second kappa shape index (κ2) is 16.2. The Labute approximate surface area is 346 Å². The lowest BCUT2D eigenvalue weighted by atomic mass is 10.1. The molecule has 0 saturated carbocycles. The summed E-state index contributed by atoms with van der Waals surface area (Å²) >= 11 is 0. The molecule has 0 aliphatic carbocycles. The van der Waals surface area contributed by atoms with Crippen LogP contribution in [-0.2, 0) is 0 Å². The summed E-state index contributed by atoms with van der Waals surface area (Å²) in [5, 5.41) is 23.7. The van der Waals surface area contributed by atoms with E-state index in [1.165, 1.54) is 19.3 Å². The second-order valence-corrected chi connectivity index (χ2v) is 14.0. The fourth-order valence-corrected chi connectivity index (χ4v) is 7.47. The second-order valence-electron chi connectivity index (χ2n) is 14.0. The van der Waals surface area contributed by atoms with E-state index in [2.05, 4.69) is 80.3 Å². The Morgan fingerprint density at radius 3 is 1.93 bits per heavy atom. The standard InChI is InChI=1S/C21H13N9.C20H19N9.C2H6/c1-2-4-24-14(3-1)13-8-23-10-18-19(13)28-21(27-18)20-12-7-15(17-9-22-5-6-25-17)26-11-16(12)29-30-20;1-2-4-29(5-3-1)17-11-21-9-16-19(17)26-20(25-16)18-13-6-14(12-7-23-24-8-12)22-10-15(13)27-28-18;1-2/h1-11H,(H,27,28)(H,29,30);6-11H,1-5H2,(H,23,24)(H,25,26)(H,27,28);1-2H3. The molecular weight excluding hydrogens is 769 g/mol. The van der Waals surface area contributed by atoms with Gasteiger partial charge in [0.2, 0.25) is 0 Å². The smallest absolute Gasteiger partial charge is 0.159 e. The third-order valence-corrected chi connectivity index (χ3v) is 10.4. The molecule has 18 nitrogen and oxygen atoms in total. The summed E-state index contributed by atoms with van der Waals surface area (Å²) in [5.74, 6) is 1.36. The van der Waals surface area contributed by atoms with Gasteiger partial charge >= 0.3 is 0 Å². The molecule has 0 aromatic carbocycles. The predicted octanol–water partition coefficient (Wildman–Crippen LogP) is 7.72. The van der Waals surface area contributed by atoms with Crippen molar-refractivity contribution in [1.82, 2.24) is 85.4 Å². The van der Waals surface area contributed by atoms with E-state index in [0.29, 0.717) is 22.9 Å². The highest BCUT2D eigenvalue weighted by Crippen LogP contribution is 2.33. The van der Waals surface area contributed by atoms with Crippen LogP contribution in [0.5, 0.6) is 0 Å². The summed E-state index contributed by atoms with van der Waals surface area (Å²) in [6.07, 6.45) is 24.8. The van der Waals surface area contributed by atoms with Gasteiger partial charge in [-0.3, -0.25) is 50.2 Å². The number of pyridine rings is 5. The Morgan fingerprint density at radius 1 is 0.557 bits per heavy atom. The zero-order valence-electron chi connectivity index (χ0n) is 33.2. The molecule has 1 aliphatic rings. The molecule has 61 heavy (non-hydrogen) atoms. The summed E-state index contributed by atoms with van der Waals surface area (Å²) in [4.78, 5) is 49.4. The lowest BCUT2D eigenvalue weighted by Crippen LogP contribution is -2.29. The molecule has 12 rings (SSSR count). The highest BCUT2D eigenvalue weighted by Gasteiger charge is 2.20. The van der Waals surface area contributed by atoms with Crippen molar-refractivity contribution in [3.8, 4) is 56.9 Å². The molecule has 0 spiro atoms. The average molecular weight is 807 g/mol. The number of aromatic nitrogens is 17. The molecule has 1 aliphatic heterocycles. The van der Waals surface area contributed by atoms with E-state index in [-0.39, 0.29) is 0 Å². The molecule has 18 heteroatoms. The fourth-order valence-electron chi connectivity index (χ4n) is 7.47. The van der Waals surface area contributed by atoms with E-state index >= 15 is 0 Å². The number of aromatic amines is 5. The summed E-state index contributed by atoms with van der Waals surface area (Å²) in [5.41, 5.74) is 12.5. The molecule has 1 fully saturated rings. The number of fused-ring (bicyclic) bond motifs is 4. The van der Waals surface area contributed by atoms with Crippen molar-refractivity contribution in [2.45, 2.75) is 33.1 Å². The van der Waals surface area contributed by atoms with Crippen molar-refractivity contribution in [1.29, 1.82) is 0 Å². The summed E-state index contributed by atoms with van der Waals surface area (Å²) in [7, 11) is 0. The number of piperidine rings is 1. The van der Waals surface area contributed by atoms with Crippen molar-refractivity contribution in [3.63, 3.8) is 0 Å². The Morgan fingerprint density at radius 2 is 1.25 bits per heavy atom. The molecular formula is C43H38N18. The molecule has 5 N–H and O–H groups in total. The van der Waals surface area contributed by atoms with Gasteiger partial charge in [-0.05, 0) is 43.5 Å². The van der Waals surface area contributed by atoms with E-state index in [4.69, 9.17) is 9.97 Å². The molecule has 11 aromatic heterocycles. The maximum atomic E-state index is 4.91. The monoisotopic (exact) mass is 806 g/mol. The van der Waals surface area contributed by atoms with Crippen LogP contribution in [0, 0.1) is 0 Å². The average Bonchev–Trinajstić information content (AvgIpc) is 4.19. The number of nitrogens with one attached hydrogen (secondary N) is 5. The van der Waals surface area contributed by atoms with Crippen LogP contribution in [0.15, 0.2) is 105 Å². The highest BCUT2D eigenvalue weighted by atomic mass is 15.2. The first kappa shape index (κ1) is 37.0. The van der Waals surface area contributed by atoms with E-state index in [0.717, 1.165) is 96.7 Å². The van der Waals surface area contributed by atoms with Crippen molar-refractivity contribution < 1.29 is 0 Å². The van der Waals surface area contributed by atoms with Crippen LogP contribution in [0.3, 0.4) is 0 Å². The number of hydrogen-bond acceptors (Lipinski definition) is 13. The normalized spacial score (nSPS) is 12.7. The Balaban J connectivity index is 0.000000141. The van der Waals surface area contributed by atoms with Gasteiger partial charge in [-0.1, -0.05) is 19.9 Å². The molecule has 0 radical (unpaired) electrons. The summed E-state index contributed by atoms with van der Waals surface area (Å²) in [6, 6.07) is 9.70. The minimum atomic E-state index is 0.637. The predicted molar refractivity (Wildman–Crippen MR) is 233 cm³/mol. The van der Waals surface area contributed by atoms with Crippen LogP contribution >= 0.6 is 0 Å². The first-order valence-corrected chi connectivity index (χ1v) is 20.0. The summed E-state index contributed by atoms with van der Waals surface area (Å²) < 4.78 is 0. The molecule has 1 saturated heterocycles. The zero-order chi connectivity index (χ0) is 41.1. The lowest BCUT2D eigenvalue weighted by Gasteiger charge is -2.28. The van der Waals surface area contributed by atoms with Gasteiger partial charge in [0.25, 0.3) is 0 Å². The molecule has 0 bridgehead atoms. The van der Waals surface area contributed by atoms with E-state index in [1.54, 1.807) is 55.8 Å². The molecule has 11 aromatic rings. The zero-order valence-corrected chi connectivity index (χ0v) is 33.2. The molecule has 12 heterocycles. The minimum absolute atomic E-state index is 0.637. The van der Waals surface area contributed by atoms with Crippen LogP contribution in [0.4, 0.5) is 5.69 Å². The van der Waals surface area contributed by atoms with Gasteiger partial charge in [-0.25, -0.2) is 9.97 Å². The summed E-state index contributed by atoms with van der Waals surface area (Å²) in [6.45, 7) is 6.10. The quantitative estimate of drug-likeness (QED) is 0.108. The third kappa shape index (κ3) is 7.04. The van der Waals surface area contributed by atoms with Crippen LogP contribution in [0.1, 0.15) is 33.1 Å². The van der Waals surface area contributed by atoms with E-state index in [1.807, 2.05) is 62.8 Å². The largest absolute Gasteiger partial charge is 0.368 e. The number of anilines is 1. The topological polar surface area (TPSA) is 237 Å². The maximum Gasteiger partial charge on any atom is 0.159 e. The van der Waals surface area contributed by atoms with Gasteiger partial charge < -0.3 is 14.9 Å². The van der Waals surface area contributed by atoms with E-state index in [9.17, 15) is 0 Å². The van der Waals surface area contributed by atoms with Crippen LogP contribution in [0.2, 0.25) is 0 Å². The first-order chi connectivity index (χ1) is 30.2. The number of rotatable bonds is 6. The molecule has 0 unspecified atom stereocenters. The van der Waals surface area contributed by atoms with Gasteiger partial charge in [0.1, 0.15) is 28.1 Å². The minimum Gasteiger partial charge on any atom is -0.368 e. The first-order valence-electron chi connectivity index (χ1n) is 20.0. The number of hydrogen-bond donors (Lipinski definition) is 5. The van der Waals surface area contributed by atoms with Crippen molar-refractivity contribution in [2.24, 2.45) is 0 Å². The van der Waals surface area contributed by atoms with Gasteiger partial charge in [-0.2, -0.15) is 15.3 Å². The Bertz CT molecular complexity index is 3210. The van der Waals surface area contributed by atoms with Crippen molar-refractivity contribution in [3.05, 3.63) is 105 Å². The number of H-pyrrole nitrogens is 5. The third-order valence-electron chi connectivity index (χ3n) is 10.4. The molecule has 0 atom stereocenters. The lowest BCUT2D eigenvalue weighted by molar-refractivity contribution is 0.578. The van der Waals surface area contributed by atoms with Crippen molar-refractivity contribution >= 4 is 49.6 Å². The highest BCUT2D eigenvalue weighted by molar-refractivity contribution is 5.98. The molecule has 0 amide bonds. The van der Waals surface area contributed by atoms with E-state index < -0.39 is 0 Å². The van der Waals surface area contributed by atoms with Gasteiger partial charge in [0.15, 0.2) is 11.6 Å². The SMILES string of the molecule is CC.c1ccc(-c2cncc3[nH]c(-c4n[nH]c5cnc(-c6cnccn6)cc45)nc23)nc1.c1n[nH]cc1-c1cc2c(-c3nc4c(N5CCCCC5)cncc4[nH]3)n[nH]c2cn1. The fraction of sp³-hybridized carbons (Fsp3) is 0.163. The number of imidazole rings is 2. The van der Waals surface area contributed by atoms with Crippen molar-refractivity contribution in [2.75, 3.05) is 18.0 Å². The molecule has 300 valence electrons. The van der Waals surface area contributed by atoms with Crippen LogP contribution in [-0.4, -0.2) is 98.5 Å². The van der Waals surface area contributed by atoms with Gasteiger partial charge in [-0.15, -0.1) is 0 Å². The van der Waals surface area contributed by atoms with Crippen LogP contribution in [0.25, 0.3) is 101 Å². The Hall–Kier alpha value is -8.28. The van der Waals surface area contributed by atoms with Gasteiger partial charge in [0, 0.05) is 66.0 Å².